The minimum absolute atomic E-state index is 0.0258. The third-order valence-electron chi connectivity index (χ3n) is 2.28. The molecular weight excluding hydrogens is 286 g/mol. The summed E-state index contributed by atoms with van der Waals surface area (Å²) in [5, 5.41) is 8.83. The number of hydrogen-bond acceptors (Lipinski definition) is 4. The van der Waals surface area contributed by atoms with Crippen molar-refractivity contribution in [3.8, 4) is 6.07 Å². The summed E-state index contributed by atoms with van der Waals surface area (Å²) in [4.78, 5) is 3.84. The topological polar surface area (TPSA) is 82.8 Å². The highest BCUT2D eigenvalue weighted by Gasteiger charge is 2.16. The van der Waals surface area contributed by atoms with E-state index in [0.717, 1.165) is 0 Å². The van der Waals surface area contributed by atoms with E-state index in [9.17, 15) is 8.42 Å². The van der Waals surface area contributed by atoms with Crippen molar-refractivity contribution in [1.82, 2.24) is 4.98 Å². The minimum atomic E-state index is -3.77. The van der Waals surface area contributed by atoms with Crippen molar-refractivity contribution >= 4 is 27.4 Å². The molecule has 2 rings (SSSR count). The van der Waals surface area contributed by atoms with Gasteiger partial charge in [-0.1, -0.05) is 17.7 Å². The number of hydrogen-bond donors (Lipinski definition) is 1. The van der Waals surface area contributed by atoms with Crippen molar-refractivity contribution < 1.29 is 8.42 Å². The summed E-state index contributed by atoms with van der Waals surface area (Å²) < 4.78 is 26.4. The molecular formula is C12H8ClN3O2S. The normalized spacial score (nSPS) is 10.7. The summed E-state index contributed by atoms with van der Waals surface area (Å²) in [5.74, 6) is 0.211. The lowest BCUT2D eigenvalue weighted by Gasteiger charge is -2.07. The Bertz CT molecular complexity index is 739. The van der Waals surface area contributed by atoms with Crippen LogP contribution < -0.4 is 4.72 Å². The quantitative estimate of drug-likeness (QED) is 0.942. The van der Waals surface area contributed by atoms with Crippen LogP contribution in [0.4, 0.5) is 5.82 Å². The van der Waals surface area contributed by atoms with Crippen molar-refractivity contribution in [3.63, 3.8) is 0 Å². The highest BCUT2D eigenvalue weighted by molar-refractivity contribution is 7.92. The van der Waals surface area contributed by atoms with Crippen LogP contribution in [0, 0.1) is 11.3 Å². The number of benzene rings is 1. The minimum Gasteiger partial charge on any atom is -0.263 e. The molecule has 0 radical (unpaired) electrons. The highest BCUT2D eigenvalue weighted by Crippen LogP contribution is 2.21. The van der Waals surface area contributed by atoms with Gasteiger partial charge in [-0.3, -0.25) is 4.72 Å². The van der Waals surface area contributed by atoms with Crippen LogP contribution in [0.25, 0.3) is 0 Å². The van der Waals surface area contributed by atoms with Gasteiger partial charge in [-0.25, -0.2) is 13.4 Å². The molecule has 0 aliphatic carbocycles. The van der Waals surface area contributed by atoms with Crippen LogP contribution in [0.2, 0.25) is 5.02 Å². The zero-order chi connectivity index (χ0) is 13.9. The average molecular weight is 294 g/mol. The molecule has 0 amide bonds. The van der Waals surface area contributed by atoms with Gasteiger partial charge in [0.2, 0.25) is 0 Å². The molecule has 0 aliphatic heterocycles. The van der Waals surface area contributed by atoms with E-state index >= 15 is 0 Å². The van der Waals surface area contributed by atoms with Crippen molar-refractivity contribution in [3.05, 3.63) is 53.2 Å². The van der Waals surface area contributed by atoms with Gasteiger partial charge in [0.15, 0.2) is 0 Å². The fourth-order valence-corrected chi connectivity index (χ4v) is 2.70. The Morgan fingerprint density at radius 3 is 2.63 bits per heavy atom. The first-order valence-corrected chi connectivity index (χ1v) is 7.02. The predicted molar refractivity (Wildman–Crippen MR) is 71.2 cm³/mol. The molecule has 0 bridgehead atoms. The van der Waals surface area contributed by atoms with E-state index in [-0.39, 0.29) is 21.3 Å². The van der Waals surface area contributed by atoms with E-state index in [1.807, 2.05) is 6.07 Å². The first-order valence-electron chi connectivity index (χ1n) is 5.16. The highest BCUT2D eigenvalue weighted by atomic mass is 35.5. The molecule has 0 fully saturated rings. The lowest BCUT2D eigenvalue weighted by molar-refractivity contribution is 0.601. The van der Waals surface area contributed by atoms with Gasteiger partial charge < -0.3 is 0 Å². The molecule has 1 N–H and O–H groups in total. The second kappa shape index (κ2) is 5.26. The van der Waals surface area contributed by atoms with Crippen molar-refractivity contribution in [2.24, 2.45) is 0 Å². The molecule has 0 aliphatic rings. The first-order chi connectivity index (χ1) is 9.03. The summed E-state index contributed by atoms with van der Waals surface area (Å²) in [5.41, 5.74) is 0.221. The summed E-state index contributed by atoms with van der Waals surface area (Å²) >= 11 is 5.81. The number of anilines is 1. The number of nitriles is 1. The Kier molecular flexibility index (Phi) is 3.69. The smallest absolute Gasteiger partial charge is 0.263 e. The fraction of sp³-hybridized carbons (Fsp3) is 0. The maximum atomic E-state index is 12.1. The van der Waals surface area contributed by atoms with Gasteiger partial charge in [0.25, 0.3) is 10.0 Å². The van der Waals surface area contributed by atoms with E-state index in [0.29, 0.717) is 0 Å². The molecule has 0 saturated carbocycles. The van der Waals surface area contributed by atoms with E-state index in [1.54, 1.807) is 12.1 Å². The van der Waals surface area contributed by atoms with Crippen LogP contribution in [0.15, 0.2) is 47.5 Å². The lowest BCUT2D eigenvalue weighted by Crippen LogP contribution is -2.13. The van der Waals surface area contributed by atoms with Crippen LogP contribution >= 0.6 is 11.6 Å². The monoisotopic (exact) mass is 293 g/mol. The lowest BCUT2D eigenvalue weighted by atomic mass is 10.2. The molecule has 0 unspecified atom stereocenters. The number of nitrogens with one attached hydrogen (secondary N) is 1. The summed E-state index contributed by atoms with van der Waals surface area (Å²) in [6.45, 7) is 0. The van der Waals surface area contributed by atoms with Gasteiger partial charge >= 0.3 is 0 Å². The maximum Gasteiger partial charge on any atom is 0.263 e. The molecule has 19 heavy (non-hydrogen) atoms. The Balaban J connectivity index is 2.36. The van der Waals surface area contributed by atoms with E-state index in [2.05, 4.69) is 9.71 Å². The Morgan fingerprint density at radius 1 is 1.26 bits per heavy atom. The Labute approximate surface area is 115 Å². The van der Waals surface area contributed by atoms with Crippen LogP contribution in [-0.4, -0.2) is 13.4 Å². The molecule has 0 spiro atoms. The Hall–Kier alpha value is -2.10. The average Bonchev–Trinajstić information content (AvgIpc) is 2.39. The molecule has 2 aromatic rings. The van der Waals surface area contributed by atoms with E-state index in [4.69, 9.17) is 16.9 Å². The third-order valence-corrected chi connectivity index (χ3v) is 3.94. The SMILES string of the molecule is N#Cc1ccc(S(=O)(=O)Nc2ccccn2)cc1Cl. The van der Waals surface area contributed by atoms with E-state index in [1.165, 1.54) is 30.5 Å². The second-order valence-corrected chi connectivity index (χ2v) is 5.66. The second-order valence-electron chi connectivity index (χ2n) is 3.57. The number of nitrogens with zero attached hydrogens (tertiary/aromatic N) is 2. The summed E-state index contributed by atoms with van der Waals surface area (Å²) in [7, 11) is -3.77. The van der Waals surface area contributed by atoms with Gasteiger partial charge in [-0.2, -0.15) is 5.26 Å². The van der Waals surface area contributed by atoms with Crippen LogP contribution in [0.1, 0.15) is 5.56 Å². The number of aromatic nitrogens is 1. The number of halogens is 1. The number of sulfonamides is 1. The number of pyridine rings is 1. The maximum absolute atomic E-state index is 12.1. The van der Waals surface area contributed by atoms with Crippen LogP contribution in [0.5, 0.6) is 0 Å². The fourth-order valence-electron chi connectivity index (χ4n) is 1.37. The van der Waals surface area contributed by atoms with Crippen molar-refractivity contribution in [1.29, 1.82) is 5.26 Å². The van der Waals surface area contributed by atoms with Crippen LogP contribution in [0.3, 0.4) is 0 Å². The molecule has 0 saturated heterocycles. The van der Waals surface area contributed by atoms with Gasteiger partial charge in [0.1, 0.15) is 11.9 Å². The predicted octanol–water partition coefficient (Wildman–Crippen LogP) is 2.41. The zero-order valence-electron chi connectivity index (χ0n) is 9.54. The van der Waals surface area contributed by atoms with Gasteiger partial charge in [-0.05, 0) is 30.3 Å². The summed E-state index contributed by atoms with van der Waals surface area (Å²) in [6.07, 6.45) is 1.48. The van der Waals surface area contributed by atoms with Crippen molar-refractivity contribution in [2.75, 3.05) is 4.72 Å². The molecule has 0 atom stereocenters. The first kappa shape index (κ1) is 13.3. The summed E-state index contributed by atoms with van der Waals surface area (Å²) in [6, 6.07) is 10.6. The molecule has 5 nitrogen and oxygen atoms in total. The van der Waals surface area contributed by atoms with Crippen molar-refractivity contribution in [2.45, 2.75) is 4.90 Å². The molecule has 1 heterocycles. The van der Waals surface area contributed by atoms with Gasteiger partial charge in [0.05, 0.1) is 15.5 Å². The molecule has 7 heteroatoms. The molecule has 96 valence electrons. The molecule has 1 aromatic heterocycles. The van der Waals surface area contributed by atoms with Gasteiger partial charge in [0, 0.05) is 6.20 Å². The van der Waals surface area contributed by atoms with Crippen LogP contribution in [-0.2, 0) is 10.0 Å². The zero-order valence-corrected chi connectivity index (χ0v) is 11.1. The van der Waals surface area contributed by atoms with Gasteiger partial charge in [-0.15, -0.1) is 0 Å². The standard InChI is InChI=1S/C12H8ClN3O2S/c13-11-7-10(5-4-9(11)8-14)19(17,18)16-12-3-1-2-6-15-12/h1-7H,(H,15,16). The Morgan fingerprint density at radius 2 is 2.05 bits per heavy atom. The number of rotatable bonds is 3. The largest absolute Gasteiger partial charge is 0.263 e. The third kappa shape index (κ3) is 3.02. The van der Waals surface area contributed by atoms with E-state index < -0.39 is 10.0 Å². The molecule has 1 aromatic carbocycles.